The SMILES string of the molecule is Cc1nc(CCNS(=O)(=O)c2ccccc2C#N)sc1C. The Morgan fingerprint density at radius 1 is 1.33 bits per heavy atom. The van der Waals surface area contributed by atoms with Crippen LogP contribution in [0.15, 0.2) is 29.2 Å². The first-order valence-corrected chi connectivity index (χ1v) is 8.65. The van der Waals surface area contributed by atoms with Crippen molar-refractivity contribution in [2.75, 3.05) is 6.54 Å². The van der Waals surface area contributed by atoms with E-state index in [0.29, 0.717) is 6.42 Å². The summed E-state index contributed by atoms with van der Waals surface area (Å²) in [6, 6.07) is 8.05. The summed E-state index contributed by atoms with van der Waals surface area (Å²) in [6.07, 6.45) is 0.535. The molecule has 1 aromatic heterocycles. The molecule has 0 fully saturated rings. The monoisotopic (exact) mass is 321 g/mol. The maximum Gasteiger partial charge on any atom is 0.241 e. The molecule has 0 amide bonds. The van der Waals surface area contributed by atoms with Crippen LogP contribution in [0.3, 0.4) is 0 Å². The quantitative estimate of drug-likeness (QED) is 0.914. The zero-order chi connectivity index (χ0) is 15.5. The number of thiazole rings is 1. The van der Waals surface area contributed by atoms with E-state index in [1.165, 1.54) is 12.1 Å². The van der Waals surface area contributed by atoms with Gasteiger partial charge in [0.15, 0.2) is 0 Å². The van der Waals surface area contributed by atoms with E-state index in [-0.39, 0.29) is 17.0 Å². The third kappa shape index (κ3) is 3.67. The molecule has 5 nitrogen and oxygen atoms in total. The molecule has 1 N–H and O–H groups in total. The van der Waals surface area contributed by atoms with Crippen molar-refractivity contribution in [2.45, 2.75) is 25.2 Å². The van der Waals surface area contributed by atoms with Gasteiger partial charge in [-0.3, -0.25) is 0 Å². The van der Waals surface area contributed by atoms with E-state index >= 15 is 0 Å². The zero-order valence-corrected chi connectivity index (χ0v) is 13.4. The largest absolute Gasteiger partial charge is 0.246 e. The number of nitriles is 1. The van der Waals surface area contributed by atoms with Gasteiger partial charge in [0.2, 0.25) is 10.0 Å². The molecule has 0 aliphatic carbocycles. The van der Waals surface area contributed by atoms with Crippen molar-refractivity contribution in [3.63, 3.8) is 0 Å². The molecule has 0 atom stereocenters. The van der Waals surface area contributed by atoms with Gasteiger partial charge >= 0.3 is 0 Å². The molecule has 1 heterocycles. The molecule has 0 aliphatic heterocycles. The average Bonchev–Trinajstić information content (AvgIpc) is 2.77. The number of sulfonamides is 1. The molecule has 2 aromatic rings. The minimum atomic E-state index is -3.67. The number of hydrogen-bond acceptors (Lipinski definition) is 5. The Balaban J connectivity index is 2.07. The summed E-state index contributed by atoms with van der Waals surface area (Å²) in [5.41, 5.74) is 1.12. The van der Waals surface area contributed by atoms with Crippen molar-refractivity contribution in [3.05, 3.63) is 45.4 Å². The number of nitrogens with zero attached hydrogens (tertiary/aromatic N) is 2. The molecule has 0 saturated heterocycles. The average molecular weight is 321 g/mol. The fourth-order valence-corrected chi connectivity index (χ4v) is 3.93. The van der Waals surface area contributed by atoms with Crippen molar-refractivity contribution in [2.24, 2.45) is 0 Å². The van der Waals surface area contributed by atoms with Crippen LogP contribution in [0.2, 0.25) is 0 Å². The lowest BCUT2D eigenvalue weighted by Crippen LogP contribution is -2.26. The molecule has 0 spiro atoms. The number of hydrogen-bond donors (Lipinski definition) is 1. The smallest absolute Gasteiger partial charge is 0.241 e. The highest BCUT2D eigenvalue weighted by molar-refractivity contribution is 7.89. The van der Waals surface area contributed by atoms with Crippen molar-refractivity contribution in [1.82, 2.24) is 9.71 Å². The summed E-state index contributed by atoms with van der Waals surface area (Å²) in [5.74, 6) is 0. The van der Waals surface area contributed by atoms with Gasteiger partial charge in [-0.2, -0.15) is 5.26 Å². The normalized spacial score (nSPS) is 11.3. The highest BCUT2D eigenvalue weighted by atomic mass is 32.2. The van der Waals surface area contributed by atoms with Crippen molar-refractivity contribution in [3.8, 4) is 6.07 Å². The van der Waals surface area contributed by atoms with Gasteiger partial charge < -0.3 is 0 Å². The summed E-state index contributed by atoms with van der Waals surface area (Å²) < 4.78 is 26.9. The van der Waals surface area contributed by atoms with Gasteiger partial charge in [-0.1, -0.05) is 12.1 Å². The molecule has 7 heteroatoms. The van der Waals surface area contributed by atoms with E-state index in [1.54, 1.807) is 23.5 Å². The molecule has 0 unspecified atom stereocenters. The first-order valence-electron chi connectivity index (χ1n) is 6.36. The minimum Gasteiger partial charge on any atom is -0.246 e. The van der Waals surface area contributed by atoms with Crippen LogP contribution in [0.5, 0.6) is 0 Å². The van der Waals surface area contributed by atoms with Gasteiger partial charge in [-0.25, -0.2) is 18.1 Å². The number of aromatic nitrogens is 1. The lowest BCUT2D eigenvalue weighted by atomic mass is 10.2. The maximum absolute atomic E-state index is 12.2. The minimum absolute atomic E-state index is 0.0130. The Hall–Kier alpha value is -1.75. The van der Waals surface area contributed by atoms with Crippen LogP contribution in [0.25, 0.3) is 0 Å². The van der Waals surface area contributed by atoms with Crippen LogP contribution in [0, 0.1) is 25.2 Å². The van der Waals surface area contributed by atoms with Crippen LogP contribution in [-0.4, -0.2) is 19.9 Å². The maximum atomic E-state index is 12.2. The summed E-state index contributed by atoms with van der Waals surface area (Å²) >= 11 is 1.57. The summed E-state index contributed by atoms with van der Waals surface area (Å²) in [5, 5.41) is 9.87. The van der Waals surface area contributed by atoms with Crippen LogP contribution < -0.4 is 4.72 Å². The van der Waals surface area contributed by atoms with Crippen molar-refractivity contribution in [1.29, 1.82) is 5.26 Å². The molecule has 110 valence electrons. The molecular formula is C14H15N3O2S2. The second kappa shape index (κ2) is 6.35. The highest BCUT2D eigenvalue weighted by Gasteiger charge is 2.17. The third-order valence-corrected chi connectivity index (χ3v) is 5.65. The fourth-order valence-electron chi connectivity index (χ4n) is 1.81. The zero-order valence-electron chi connectivity index (χ0n) is 11.8. The Morgan fingerprint density at radius 3 is 2.67 bits per heavy atom. The van der Waals surface area contributed by atoms with Gasteiger partial charge in [0.05, 0.1) is 21.2 Å². The topological polar surface area (TPSA) is 82.8 Å². The second-order valence-corrected chi connectivity index (χ2v) is 7.53. The number of rotatable bonds is 5. The molecular weight excluding hydrogens is 306 g/mol. The van der Waals surface area contributed by atoms with E-state index in [1.807, 2.05) is 19.9 Å². The van der Waals surface area contributed by atoms with E-state index in [9.17, 15) is 8.42 Å². The molecule has 0 bridgehead atoms. The molecule has 2 rings (SSSR count). The third-order valence-electron chi connectivity index (χ3n) is 3.00. The first kappa shape index (κ1) is 15.6. The Bertz CT molecular complexity index is 769. The Morgan fingerprint density at radius 2 is 2.05 bits per heavy atom. The summed E-state index contributed by atoms with van der Waals surface area (Å²) in [6.45, 7) is 4.18. The second-order valence-electron chi connectivity index (χ2n) is 4.50. The van der Waals surface area contributed by atoms with Crippen molar-refractivity contribution < 1.29 is 8.42 Å². The standard InChI is InChI=1S/C14H15N3O2S2/c1-10-11(2)20-14(17-10)7-8-16-21(18,19)13-6-4-3-5-12(13)9-15/h3-6,16H,7-8H2,1-2H3. The van der Waals surface area contributed by atoms with Gasteiger partial charge in [0, 0.05) is 17.8 Å². The number of benzene rings is 1. The molecule has 0 aliphatic rings. The van der Waals surface area contributed by atoms with Crippen LogP contribution in [0.4, 0.5) is 0 Å². The molecule has 21 heavy (non-hydrogen) atoms. The summed E-state index contributed by atoms with van der Waals surface area (Å²) in [7, 11) is -3.67. The van der Waals surface area contributed by atoms with Gasteiger partial charge in [-0.15, -0.1) is 11.3 Å². The number of aryl methyl sites for hydroxylation is 2. The van der Waals surface area contributed by atoms with Gasteiger partial charge in [-0.05, 0) is 26.0 Å². The van der Waals surface area contributed by atoms with Gasteiger partial charge in [0.25, 0.3) is 0 Å². The lowest BCUT2D eigenvalue weighted by Gasteiger charge is -2.07. The van der Waals surface area contributed by atoms with E-state index in [0.717, 1.165) is 15.6 Å². The van der Waals surface area contributed by atoms with Crippen LogP contribution in [-0.2, 0) is 16.4 Å². The molecule has 1 aromatic carbocycles. The van der Waals surface area contributed by atoms with Gasteiger partial charge in [0.1, 0.15) is 6.07 Å². The fraction of sp³-hybridized carbons (Fsp3) is 0.286. The van der Waals surface area contributed by atoms with Crippen molar-refractivity contribution >= 4 is 21.4 Å². The van der Waals surface area contributed by atoms with E-state index < -0.39 is 10.0 Å². The summed E-state index contributed by atoms with van der Waals surface area (Å²) in [4.78, 5) is 5.52. The Kier molecular flexibility index (Phi) is 4.73. The predicted molar refractivity (Wildman–Crippen MR) is 81.6 cm³/mol. The molecule has 0 saturated carbocycles. The number of nitrogens with one attached hydrogen (secondary N) is 1. The van der Waals surface area contributed by atoms with Crippen LogP contribution >= 0.6 is 11.3 Å². The first-order chi connectivity index (χ1) is 9.94. The van der Waals surface area contributed by atoms with E-state index in [4.69, 9.17) is 5.26 Å². The lowest BCUT2D eigenvalue weighted by molar-refractivity contribution is 0.581. The Labute approximate surface area is 128 Å². The molecule has 0 radical (unpaired) electrons. The predicted octanol–water partition coefficient (Wildman–Crippen LogP) is 2.15. The van der Waals surface area contributed by atoms with Crippen LogP contribution in [0.1, 0.15) is 21.1 Å². The highest BCUT2D eigenvalue weighted by Crippen LogP contribution is 2.17. The van der Waals surface area contributed by atoms with E-state index in [2.05, 4.69) is 9.71 Å².